The van der Waals surface area contributed by atoms with E-state index in [1.807, 2.05) is 19.2 Å². The number of benzene rings is 2. The molecule has 0 spiro atoms. The van der Waals surface area contributed by atoms with Gasteiger partial charge < -0.3 is 19.7 Å². The van der Waals surface area contributed by atoms with E-state index in [0.717, 1.165) is 84.3 Å². The number of aryl methyl sites for hydroxylation is 2. The zero-order valence-electron chi connectivity index (χ0n) is 30.2. The molecule has 2 aliphatic carbocycles. The average Bonchev–Trinajstić information content (AvgIpc) is 3.55. The number of anilines is 1. The monoisotopic (exact) mass is 773 g/mol. The van der Waals surface area contributed by atoms with E-state index in [4.69, 9.17) is 28.2 Å². The first-order valence-corrected chi connectivity index (χ1v) is 20.1. The van der Waals surface area contributed by atoms with E-state index in [1.165, 1.54) is 0 Å². The topological polar surface area (TPSA) is 107 Å². The maximum absolute atomic E-state index is 17.3. The summed E-state index contributed by atoms with van der Waals surface area (Å²) in [6, 6.07) is 16.3. The molecule has 6 aromatic rings. The molecule has 8 heterocycles. The van der Waals surface area contributed by atoms with Crippen molar-refractivity contribution in [2.45, 2.75) is 69.6 Å². The van der Waals surface area contributed by atoms with Crippen LogP contribution in [0.3, 0.4) is 0 Å². The van der Waals surface area contributed by atoms with Crippen molar-refractivity contribution in [2.75, 3.05) is 24.5 Å². The number of carbonyl (C=O) groups is 1. The van der Waals surface area contributed by atoms with Gasteiger partial charge in [0.15, 0.2) is 11.5 Å². The number of halogens is 3. The van der Waals surface area contributed by atoms with E-state index in [1.54, 1.807) is 29.0 Å². The molecule has 4 aliphatic heterocycles. The first-order chi connectivity index (χ1) is 26.8. The number of carbonyl (C=O) groups excluding carboxylic acids is 1. The average molecular weight is 775 g/mol. The summed E-state index contributed by atoms with van der Waals surface area (Å²) < 4.78 is 21.6. The fourth-order valence-corrected chi connectivity index (χ4v) is 10.9. The van der Waals surface area contributed by atoms with Gasteiger partial charge in [0, 0.05) is 95.2 Å². The molecule has 6 atom stereocenters. The molecule has 6 fully saturated rings. The molecular weight excluding hydrogens is 736 g/mol. The highest BCUT2D eigenvalue weighted by Gasteiger charge is 2.55. The van der Waals surface area contributed by atoms with Crippen molar-refractivity contribution >= 4 is 62.2 Å². The molecule has 0 radical (unpaired) electrons. The van der Waals surface area contributed by atoms with Crippen LogP contribution in [0.15, 0.2) is 55.0 Å². The summed E-state index contributed by atoms with van der Waals surface area (Å²) in [6.07, 6.45) is 7.96. The second-order valence-electron chi connectivity index (χ2n) is 16.2. The lowest BCUT2D eigenvalue weighted by atomic mass is 9.79. The van der Waals surface area contributed by atoms with Crippen molar-refractivity contribution in [3.8, 4) is 17.2 Å². The lowest BCUT2D eigenvalue weighted by molar-refractivity contribution is -0.135. The number of rotatable bonds is 7. The summed E-state index contributed by atoms with van der Waals surface area (Å²) in [5.74, 6) is 0.468. The van der Waals surface area contributed by atoms with E-state index in [2.05, 4.69) is 54.0 Å². The second kappa shape index (κ2) is 12.4. The van der Waals surface area contributed by atoms with Gasteiger partial charge in [-0.15, -0.1) is 0 Å². The Morgan fingerprint density at radius 3 is 2.75 bits per heavy atom. The van der Waals surface area contributed by atoms with Gasteiger partial charge in [0.1, 0.15) is 11.8 Å². The highest BCUT2D eigenvalue weighted by molar-refractivity contribution is 6.43. The maximum Gasteiger partial charge on any atom is 0.226 e. The third-order valence-corrected chi connectivity index (χ3v) is 14.0. The molecule has 2 aromatic carbocycles. The van der Waals surface area contributed by atoms with Crippen LogP contribution in [0.2, 0.25) is 10.0 Å². The third-order valence-electron chi connectivity index (χ3n) is 13.1. The van der Waals surface area contributed by atoms with Crippen LogP contribution in [0, 0.1) is 41.8 Å². The molecule has 10 nitrogen and oxygen atoms in total. The highest BCUT2D eigenvalue weighted by atomic mass is 35.5. The van der Waals surface area contributed by atoms with Crippen molar-refractivity contribution in [1.82, 2.24) is 34.4 Å². The van der Waals surface area contributed by atoms with Gasteiger partial charge in [0.2, 0.25) is 5.91 Å². The Morgan fingerprint density at radius 2 is 1.96 bits per heavy atom. The predicted molar refractivity (Wildman–Crippen MR) is 210 cm³/mol. The van der Waals surface area contributed by atoms with Crippen LogP contribution in [0.4, 0.5) is 10.1 Å². The molecule has 1 amide bonds. The molecule has 4 bridgehead atoms. The first-order valence-electron chi connectivity index (χ1n) is 19.4. The van der Waals surface area contributed by atoms with E-state index < -0.39 is 5.82 Å². The number of hydrogen-bond donors (Lipinski definition) is 1. The van der Waals surface area contributed by atoms with Crippen LogP contribution in [-0.2, 0) is 11.2 Å². The van der Waals surface area contributed by atoms with E-state index in [0.29, 0.717) is 34.1 Å². The molecule has 55 heavy (non-hydrogen) atoms. The summed E-state index contributed by atoms with van der Waals surface area (Å²) in [5.41, 5.74) is 6.46. The molecule has 2 saturated carbocycles. The SMILES string of the molecule is Cc1nc2c(F)c(-c3cccc(Cl)c3Cl)c(CCC#N)cc2c2c1cc([C@H]1[C@H]3C[C@H](CN(c4ccn5ncnc5c4)C3)N1C(=O)C1CC1)n2[C@H]1[C@H]2CN[C@@H]1C2. The fourth-order valence-electron chi connectivity index (χ4n) is 10.5. The van der Waals surface area contributed by atoms with Crippen LogP contribution in [0.1, 0.15) is 61.1 Å². The molecule has 12 rings (SSSR count). The Hall–Kier alpha value is -4.76. The van der Waals surface area contributed by atoms with E-state index >= 15 is 4.39 Å². The summed E-state index contributed by atoms with van der Waals surface area (Å²) in [5, 5.41) is 20.0. The van der Waals surface area contributed by atoms with Gasteiger partial charge in [-0.3, -0.25) is 4.79 Å². The van der Waals surface area contributed by atoms with Crippen LogP contribution in [0.5, 0.6) is 0 Å². The number of nitrogens with zero attached hydrogens (tertiary/aromatic N) is 8. The number of piperidine rings is 1. The summed E-state index contributed by atoms with van der Waals surface area (Å²) >= 11 is 13.2. The Bertz CT molecular complexity index is 2630. The Labute approximate surface area is 326 Å². The van der Waals surface area contributed by atoms with Crippen LogP contribution in [-0.4, -0.2) is 66.7 Å². The molecular formula is C42H38Cl2FN9O. The highest BCUT2D eigenvalue weighted by Crippen LogP contribution is 2.54. The molecule has 0 unspecified atom stereocenters. The summed E-state index contributed by atoms with van der Waals surface area (Å²) in [6.45, 7) is 4.43. The Morgan fingerprint density at radius 1 is 1.09 bits per heavy atom. The van der Waals surface area contributed by atoms with Gasteiger partial charge >= 0.3 is 0 Å². The number of hydrogen-bond acceptors (Lipinski definition) is 7. The van der Waals surface area contributed by atoms with E-state index in [-0.39, 0.29) is 58.9 Å². The zero-order valence-corrected chi connectivity index (χ0v) is 31.7. The van der Waals surface area contributed by atoms with Crippen LogP contribution >= 0.6 is 23.2 Å². The molecule has 6 aliphatic rings. The standard InChI is InChI=1S/C42H38Cl2FN9O/c1-21-29-16-33(40-25-12-27(53(40)42(55)22-7-8-22)19-51(18-25)26-9-11-52-34(15-26)48-20-49-52)54(39-24-14-32(39)47-17-24)41(29)30-13-23(4-3-10-46)35(37(45)38(30)50-21)28-5-2-6-31(43)36(28)44/h2,5-6,9,11,13,15-16,20,22,24-25,27,32,39-40,47H,3-4,7-8,12,14,17-19H2,1H3/t24-,25+,27-,32-,39+,40-/m1/s1. The lowest BCUT2D eigenvalue weighted by Crippen LogP contribution is -2.45. The smallest absolute Gasteiger partial charge is 0.226 e. The normalized spacial score (nSPS) is 25.7. The van der Waals surface area contributed by atoms with Gasteiger partial charge in [-0.1, -0.05) is 35.3 Å². The van der Waals surface area contributed by atoms with Gasteiger partial charge in [0.25, 0.3) is 0 Å². The van der Waals surface area contributed by atoms with Gasteiger partial charge in [-0.2, -0.15) is 10.4 Å². The second-order valence-corrected chi connectivity index (χ2v) is 17.0. The molecule has 4 saturated heterocycles. The summed E-state index contributed by atoms with van der Waals surface area (Å²) in [4.78, 5) is 28.6. The van der Waals surface area contributed by atoms with Gasteiger partial charge in [-0.05, 0) is 74.8 Å². The number of nitriles is 1. The van der Waals surface area contributed by atoms with Crippen molar-refractivity contribution in [2.24, 2.45) is 17.8 Å². The van der Waals surface area contributed by atoms with Gasteiger partial charge in [-0.25, -0.2) is 18.9 Å². The largest absolute Gasteiger partial charge is 0.369 e. The minimum Gasteiger partial charge on any atom is -0.369 e. The number of likely N-dealkylation sites (tertiary alicyclic amines) is 1. The fraction of sp³-hybridized carbons (Fsp3) is 0.405. The third kappa shape index (κ3) is 5.00. The minimum atomic E-state index is -0.467. The zero-order chi connectivity index (χ0) is 37.3. The molecule has 278 valence electrons. The summed E-state index contributed by atoms with van der Waals surface area (Å²) in [7, 11) is 0. The number of pyridine rings is 2. The number of aromatic nitrogens is 5. The van der Waals surface area contributed by atoms with Gasteiger partial charge in [0.05, 0.1) is 39.8 Å². The van der Waals surface area contributed by atoms with Crippen LogP contribution < -0.4 is 10.2 Å². The molecule has 13 heteroatoms. The van der Waals surface area contributed by atoms with E-state index in [9.17, 15) is 10.1 Å². The van der Waals surface area contributed by atoms with Crippen LogP contribution in [0.25, 0.3) is 38.6 Å². The van der Waals surface area contributed by atoms with Crippen molar-refractivity contribution in [3.63, 3.8) is 0 Å². The lowest BCUT2D eigenvalue weighted by Gasteiger charge is -2.40. The first kappa shape index (κ1) is 33.6. The van der Waals surface area contributed by atoms with Crippen molar-refractivity contribution in [3.05, 3.63) is 87.8 Å². The molecule has 1 N–H and O–H groups in total. The van der Waals surface area contributed by atoms with Crippen molar-refractivity contribution in [1.29, 1.82) is 5.26 Å². The quantitative estimate of drug-likeness (QED) is 0.176. The van der Waals surface area contributed by atoms with Crippen molar-refractivity contribution < 1.29 is 9.18 Å². The number of fused-ring (bicyclic) bond motifs is 7. The maximum atomic E-state index is 17.3. The number of nitrogens with one attached hydrogen (secondary N) is 1. The number of amides is 1. The predicted octanol–water partition coefficient (Wildman–Crippen LogP) is 7.83. The minimum absolute atomic E-state index is 0.0599. The molecule has 4 aromatic heterocycles. The Kier molecular flexibility index (Phi) is 7.55. The Balaban J connectivity index is 1.13.